The molecule has 178 valence electrons. The van der Waals surface area contributed by atoms with Gasteiger partial charge in [-0.25, -0.2) is 14.6 Å². The Bertz CT molecular complexity index is 1090. The first-order chi connectivity index (χ1) is 16.3. The van der Waals surface area contributed by atoms with Gasteiger partial charge in [-0.15, -0.1) is 0 Å². The van der Waals surface area contributed by atoms with E-state index in [0.717, 1.165) is 25.1 Å². The van der Waals surface area contributed by atoms with Crippen LogP contribution < -0.4 is 10.6 Å². The van der Waals surface area contributed by atoms with Crippen molar-refractivity contribution in [3.63, 3.8) is 0 Å². The van der Waals surface area contributed by atoms with Crippen LogP contribution in [0.15, 0.2) is 67.1 Å². The fraction of sp³-hybridized carbons (Fsp3) is 0.208. The summed E-state index contributed by atoms with van der Waals surface area (Å²) in [5.41, 5.74) is 3.40. The van der Waals surface area contributed by atoms with Crippen molar-refractivity contribution in [1.29, 1.82) is 0 Å². The quantitative estimate of drug-likeness (QED) is 0.369. The lowest BCUT2D eigenvalue weighted by Crippen LogP contribution is -2.14. The minimum atomic E-state index is -1.82. The van der Waals surface area contributed by atoms with E-state index >= 15 is 0 Å². The summed E-state index contributed by atoms with van der Waals surface area (Å²) < 4.78 is 0. The van der Waals surface area contributed by atoms with Gasteiger partial charge in [0.15, 0.2) is 5.82 Å². The zero-order valence-electron chi connectivity index (χ0n) is 18.9. The number of pyridine rings is 2. The number of carboxylic acids is 2. The molecule has 3 rings (SSSR count). The minimum absolute atomic E-state index is 0.197. The summed E-state index contributed by atoms with van der Waals surface area (Å²) in [6, 6.07) is 15.2. The first-order valence-corrected chi connectivity index (χ1v) is 10.4. The number of anilines is 3. The van der Waals surface area contributed by atoms with Crippen molar-refractivity contribution in [3.05, 3.63) is 78.2 Å². The van der Waals surface area contributed by atoms with Crippen LogP contribution in [0.5, 0.6) is 0 Å². The van der Waals surface area contributed by atoms with Gasteiger partial charge in [-0.05, 0) is 69.4 Å². The summed E-state index contributed by atoms with van der Waals surface area (Å²) in [6.07, 6.45) is 6.94. The summed E-state index contributed by atoms with van der Waals surface area (Å²) in [5.74, 6) is -3.23. The number of carbonyl (C=O) groups is 3. The van der Waals surface area contributed by atoms with Crippen molar-refractivity contribution in [2.75, 3.05) is 31.3 Å². The molecule has 2 aromatic heterocycles. The lowest BCUT2D eigenvalue weighted by atomic mass is 10.1. The molecule has 0 fully saturated rings. The fourth-order valence-electron chi connectivity index (χ4n) is 2.88. The summed E-state index contributed by atoms with van der Waals surface area (Å²) in [5, 5.41) is 21.1. The molecule has 0 aliphatic heterocycles. The van der Waals surface area contributed by atoms with Crippen LogP contribution in [0.3, 0.4) is 0 Å². The summed E-state index contributed by atoms with van der Waals surface area (Å²) >= 11 is 0. The van der Waals surface area contributed by atoms with Crippen LogP contribution in [0.4, 0.5) is 17.2 Å². The third-order valence-corrected chi connectivity index (χ3v) is 4.50. The maximum atomic E-state index is 12.5. The Balaban J connectivity index is 0.000000604. The van der Waals surface area contributed by atoms with E-state index in [2.05, 4.69) is 45.7 Å². The Morgan fingerprint density at radius 1 is 0.882 bits per heavy atom. The molecule has 0 spiro atoms. The average molecular weight is 466 g/mol. The Labute approximate surface area is 197 Å². The molecule has 0 radical (unpaired) electrons. The number of carboxylic acid groups (broad SMARTS) is 2. The van der Waals surface area contributed by atoms with Crippen LogP contribution in [-0.4, -0.2) is 63.6 Å². The van der Waals surface area contributed by atoms with Crippen LogP contribution in [0.25, 0.3) is 0 Å². The van der Waals surface area contributed by atoms with Gasteiger partial charge in [0.05, 0.1) is 5.69 Å². The number of aryl methyl sites for hydroxylation is 1. The molecule has 0 saturated carbocycles. The number of nitrogens with one attached hydrogen (secondary N) is 2. The molecule has 4 N–H and O–H groups in total. The van der Waals surface area contributed by atoms with Crippen molar-refractivity contribution in [2.45, 2.75) is 12.8 Å². The van der Waals surface area contributed by atoms with Crippen LogP contribution in [-0.2, 0) is 16.0 Å². The monoisotopic (exact) mass is 465 g/mol. The van der Waals surface area contributed by atoms with E-state index in [1.807, 2.05) is 24.3 Å². The van der Waals surface area contributed by atoms with E-state index in [0.29, 0.717) is 17.1 Å². The van der Waals surface area contributed by atoms with Gasteiger partial charge in [0.2, 0.25) is 0 Å². The van der Waals surface area contributed by atoms with E-state index in [9.17, 15) is 4.79 Å². The molecule has 10 heteroatoms. The maximum Gasteiger partial charge on any atom is 0.414 e. The number of para-hydroxylation sites is 1. The molecule has 1 aromatic carbocycles. The number of hydrogen-bond donors (Lipinski definition) is 4. The fourth-order valence-corrected chi connectivity index (χ4v) is 2.88. The molecule has 1 amide bonds. The van der Waals surface area contributed by atoms with E-state index in [4.69, 9.17) is 19.8 Å². The molecule has 0 atom stereocenters. The molecule has 0 bridgehead atoms. The summed E-state index contributed by atoms with van der Waals surface area (Å²) in [6.45, 7) is 1.03. The highest BCUT2D eigenvalue weighted by Gasteiger charge is 2.11. The molecule has 10 nitrogen and oxygen atoms in total. The Kier molecular flexibility index (Phi) is 10.1. The third-order valence-electron chi connectivity index (χ3n) is 4.50. The predicted molar refractivity (Wildman–Crippen MR) is 128 cm³/mol. The second kappa shape index (κ2) is 13.3. The first kappa shape index (κ1) is 25.9. The highest BCUT2D eigenvalue weighted by molar-refractivity contribution is 6.27. The van der Waals surface area contributed by atoms with Crippen molar-refractivity contribution < 1.29 is 24.6 Å². The van der Waals surface area contributed by atoms with Gasteiger partial charge in [0.25, 0.3) is 5.91 Å². The van der Waals surface area contributed by atoms with Crippen LogP contribution in [0, 0.1) is 0 Å². The maximum absolute atomic E-state index is 12.5. The topological polar surface area (TPSA) is 145 Å². The highest BCUT2D eigenvalue weighted by atomic mass is 16.4. The number of carbonyl (C=O) groups excluding carboxylic acids is 1. The molecular weight excluding hydrogens is 438 g/mol. The van der Waals surface area contributed by atoms with Crippen LogP contribution in [0.2, 0.25) is 0 Å². The lowest BCUT2D eigenvalue weighted by Gasteiger charge is -2.15. The smallest absolute Gasteiger partial charge is 0.414 e. The van der Waals surface area contributed by atoms with E-state index in [1.54, 1.807) is 36.8 Å². The molecule has 34 heavy (non-hydrogen) atoms. The molecule has 3 aromatic rings. The molecule has 0 saturated heterocycles. The number of amides is 1. The predicted octanol–water partition coefficient (Wildman–Crippen LogP) is 3.12. The summed E-state index contributed by atoms with van der Waals surface area (Å²) in [4.78, 5) is 41.2. The van der Waals surface area contributed by atoms with Gasteiger partial charge in [0, 0.05) is 29.8 Å². The van der Waals surface area contributed by atoms with E-state index in [1.165, 1.54) is 5.56 Å². The second-order valence-corrected chi connectivity index (χ2v) is 7.39. The van der Waals surface area contributed by atoms with Crippen LogP contribution in [0.1, 0.15) is 22.3 Å². The van der Waals surface area contributed by atoms with E-state index in [-0.39, 0.29) is 5.91 Å². The normalized spacial score (nSPS) is 10.1. The van der Waals surface area contributed by atoms with Gasteiger partial charge < -0.3 is 25.7 Å². The van der Waals surface area contributed by atoms with Crippen molar-refractivity contribution >= 4 is 35.0 Å². The number of aromatic nitrogens is 2. The zero-order chi connectivity index (χ0) is 24.9. The number of nitrogens with zero attached hydrogens (tertiary/aromatic N) is 3. The van der Waals surface area contributed by atoms with Gasteiger partial charge in [-0.2, -0.15) is 0 Å². The Morgan fingerprint density at radius 3 is 2.18 bits per heavy atom. The van der Waals surface area contributed by atoms with Gasteiger partial charge >= 0.3 is 11.9 Å². The SMILES string of the molecule is CN(C)CCCc1ccccc1Nc1ncccc1NC(=O)c1ccncc1.O=C(O)C(=O)O. The van der Waals surface area contributed by atoms with Gasteiger partial charge in [-0.1, -0.05) is 18.2 Å². The number of hydrogen-bond acceptors (Lipinski definition) is 7. The second-order valence-electron chi connectivity index (χ2n) is 7.39. The molecule has 0 unspecified atom stereocenters. The molecule has 0 aliphatic carbocycles. The number of aliphatic carboxylic acids is 2. The van der Waals surface area contributed by atoms with Crippen molar-refractivity contribution in [1.82, 2.24) is 14.9 Å². The molecular formula is C24H27N5O5. The first-order valence-electron chi connectivity index (χ1n) is 10.4. The molecule has 2 heterocycles. The molecule has 0 aliphatic rings. The van der Waals surface area contributed by atoms with E-state index < -0.39 is 11.9 Å². The highest BCUT2D eigenvalue weighted by Crippen LogP contribution is 2.26. The van der Waals surface area contributed by atoms with Gasteiger partial charge in [0.1, 0.15) is 0 Å². The largest absolute Gasteiger partial charge is 0.473 e. The van der Waals surface area contributed by atoms with Gasteiger partial charge in [-0.3, -0.25) is 9.78 Å². The van der Waals surface area contributed by atoms with Crippen molar-refractivity contribution in [2.24, 2.45) is 0 Å². The Morgan fingerprint density at radius 2 is 1.53 bits per heavy atom. The summed E-state index contributed by atoms with van der Waals surface area (Å²) in [7, 11) is 4.16. The minimum Gasteiger partial charge on any atom is -0.473 e. The number of benzene rings is 1. The Hall–Kier alpha value is -4.31. The lowest BCUT2D eigenvalue weighted by molar-refractivity contribution is -0.159. The average Bonchev–Trinajstić information content (AvgIpc) is 2.82. The number of rotatable bonds is 8. The zero-order valence-corrected chi connectivity index (χ0v) is 18.9. The van der Waals surface area contributed by atoms with Crippen LogP contribution >= 0.6 is 0 Å². The third kappa shape index (κ3) is 8.67. The van der Waals surface area contributed by atoms with Crippen molar-refractivity contribution in [3.8, 4) is 0 Å². The standard InChI is InChI=1S/C22H25N5O.C2H2O4/c1-27(2)16-6-8-17-7-3-4-9-19(17)25-21-20(10-5-13-24-21)26-22(28)18-11-14-23-15-12-18;3-1(4)2(5)6/h3-5,7,9-15H,6,8,16H2,1-2H3,(H,24,25)(H,26,28);(H,3,4)(H,5,6).